The van der Waals surface area contributed by atoms with Crippen LogP contribution in [0.5, 0.6) is 5.88 Å². The summed E-state index contributed by atoms with van der Waals surface area (Å²) >= 11 is 0. The van der Waals surface area contributed by atoms with Crippen molar-refractivity contribution >= 4 is 5.97 Å². The first-order valence-electron chi connectivity index (χ1n) is 5.12. The van der Waals surface area contributed by atoms with E-state index in [2.05, 4.69) is 4.98 Å². The number of hydrogen-bond acceptors (Lipinski definition) is 3. The normalized spacial score (nSPS) is 16.5. The van der Waals surface area contributed by atoms with Crippen LogP contribution in [0.4, 0.5) is 0 Å². The molecule has 0 aromatic carbocycles. The first-order valence-corrected chi connectivity index (χ1v) is 5.12. The van der Waals surface area contributed by atoms with Gasteiger partial charge in [0, 0.05) is 6.20 Å². The fraction of sp³-hybridized carbons (Fsp3) is 0.455. The van der Waals surface area contributed by atoms with Gasteiger partial charge in [-0.2, -0.15) is 0 Å². The van der Waals surface area contributed by atoms with Crippen LogP contribution in [0, 0.1) is 0 Å². The van der Waals surface area contributed by atoms with Crippen LogP contribution >= 0.6 is 0 Å². The second-order valence-corrected chi connectivity index (χ2v) is 3.69. The Labute approximate surface area is 87.9 Å². The van der Waals surface area contributed by atoms with Gasteiger partial charge in [-0.15, -0.1) is 0 Å². The first-order chi connectivity index (χ1) is 7.27. The van der Waals surface area contributed by atoms with Gasteiger partial charge in [0.25, 0.3) is 0 Å². The summed E-state index contributed by atoms with van der Waals surface area (Å²) in [6.07, 6.45) is 5.99. The molecule has 1 aromatic rings. The molecule has 4 nitrogen and oxygen atoms in total. The van der Waals surface area contributed by atoms with Crippen LogP contribution in [0.15, 0.2) is 18.3 Å². The number of pyridine rings is 1. The van der Waals surface area contributed by atoms with Gasteiger partial charge in [0.05, 0.1) is 0 Å². The van der Waals surface area contributed by atoms with Gasteiger partial charge in [-0.25, -0.2) is 9.78 Å². The minimum absolute atomic E-state index is 0.137. The highest BCUT2D eigenvalue weighted by atomic mass is 16.5. The van der Waals surface area contributed by atoms with Crippen molar-refractivity contribution in [2.24, 2.45) is 0 Å². The highest BCUT2D eigenvalue weighted by molar-refractivity contribution is 5.90. The summed E-state index contributed by atoms with van der Waals surface area (Å²) in [5, 5.41) is 8.92. The smallest absolute Gasteiger partial charge is 0.341 e. The summed E-state index contributed by atoms with van der Waals surface area (Å²) < 4.78 is 5.58. The Kier molecular flexibility index (Phi) is 2.85. The molecule has 2 rings (SSSR count). The van der Waals surface area contributed by atoms with E-state index in [1.165, 1.54) is 6.07 Å². The molecule has 1 aromatic heterocycles. The lowest BCUT2D eigenvalue weighted by molar-refractivity contribution is 0.0687. The molecular weight excluding hydrogens is 194 g/mol. The summed E-state index contributed by atoms with van der Waals surface area (Å²) in [7, 11) is 0. The minimum Gasteiger partial charge on any atom is -0.477 e. The molecule has 0 atom stereocenters. The molecular formula is C11H13NO3. The molecule has 1 N–H and O–H groups in total. The number of nitrogens with zero attached hydrogens (tertiary/aromatic N) is 1. The average Bonchev–Trinajstić information content (AvgIpc) is 2.71. The summed E-state index contributed by atoms with van der Waals surface area (Å²) in [4.78, 5) is 14.8. The van der Waals surface area contributed by atoms with Gasteiger partial charge < -0.3 is 9.84 Å². The molecule has 0 radical (unpaired) electrons. The van der Waals surface area contributed by atoms with E-state index in [9.17, 15) is 4.79 Å². The van der Waals surface area contributed by atoms with Crippen molar-refractivity contribution in [3.63, 3.8) is 0 Å². The number of ether oxygens (including phenoxy) is 1. The zero-order valence-electron chi connectivity index (χ0n) is 8.35. The van der Waals surface area contributed by atoms with Gasteiger partial charge in [-0.3, -0.25) is 0 Å². The monoisotopic (exact) mass is 207 g/mol. The van der Waals surface area contributed by atoms with Crippen molar-refractivity contribution in [2.45, 2.75) is 31.8 Å². The van der Waals surface area contributed by atoms with Crippen LogP contribution in [0.1, 0.15) is 36.0 Å². The third-order valence-corrected chi connectivity index (χ3v) is 2.58. The maximum Gasteiger partial charge on any atom is 0.341 e. The van der Waals surface area contributed by atoms with E-state index in [0.717, 1.165) is 25.7 Å². The van der Waals surface area contributed by atoms with E-state index in [1.54, 1.807) is 12.3 Å². The second-order valence-electron chi connectivity index (χ2n) is 3.69. The lowest BCUT2D eigenvalue weighted by Gasteiger charge is -2.13. The van der Waals surface area contributed by atoms with E-state index >= 15 is 0 Å². The Morgan fingerprint density at radius 1 is 1.47 bits per heavy atom. The van der Waals surface area contributed by atoms with Gasteiger partial charge in [-0.05, 0) is 37.8 Å². The topological polar surface area (TPSA) is 59.4 Å². The Morgan fingerprint density at radius 3 is 2.87 bits per heavy atom. The van der Waals surface area contributed by atoms with E-state index in [4.69, 9.17) is 9.84 Å². The van der Waals surface area contributed by atoms with Gasteiger partial charge in [0.2, 0.25) is 5.88 Å². The van der Waals surface area contributed by atoms with Gasteiger partial charge in [0.1, 0.15) is 11.7 Å². The average molecular weight is 207 g/mol. The maximum absolute atomic E-state index is 10.9. The quantitative estimate of drug-likeness (QED) is 0.824. The van der Waals surface area contributed by atoms with Crippen LogP contribution in [0.25, 0.3) is 0 Å². The van der Waals surface area contributed by atoms with Crippen molar-refractivity contribution in [2.75, 3.05) is 0 Å². The fourth-order valence-corrected chi connectivity index (χ4v) is 1.81. The van der Waals surface area contributed by atoms with E-state index in [0.29, 0.717) is 0 Å². The molecule has 80 valence electrons. The zero-order chi connectivity index (χ0) is 10.7. The van der Waals surface area contributed by atoms with Crippen molar-refractivity contribution in [1.82, 2.24) is 4.98 Å². The van der Waals surface area contributed by atoms with Gasteiger partial charge in [0.15, 0.2) is 0 Å². The number of aromatic nitrogens is 1. The number of carboxylic acids is 1. The molecule has 4 heteroatoms. The van der Waals surface area contributed by atoms with Crippen LogP contribution in [-0.2, 0) is 0 Å². The third-order valence-electron chi connectivity index (χ3n) is 2.58. The van der Waals surface area contributed by atoms with Crippen molar-refractivity contribution in [3.05, 3.63) is 23.9 Å². The Balaban J connectivity index is 2.15. The molecule has 1 fully saturated rings. The number of hydrogen-bond donors (Lipinski definition) is 1. The maximum atomic E-state index is 10.9. The number of rotatable bonds is 3. The highest BCUT2D eigenvalue weighted by Crippen LogP contribution is 2.24. The third kappa shape index (κ3) is 2.26. The predicted molar refractivity (Wildman–Crippen MR) is 54.1 cm³/mol. The van der Waals surface area contributed by atoms with Gasteiger partial charge >= 0.3 is 5.97 Å². The second kappa shape index (κ2) is 4.29. The van der Waals surface area contributed by atoms with Crippen molar-refractivity contribution in [1.29, 1.82) is 0 Å². The van der Waals surface area contributed by atoms with Gasteiger partial charge in [-0.1, -0.05) is 0 Å². The zero-order valence-corrected chi connectivity index (χ0v) is 8.35. The summed E-state index contributed by atoms with van der Waals surface area (Å²) in [6, 6.07) is 3.12. The van der Waals surface area contributed by atoms with Crippen LogP contribution in [-0.4, -0.2) is 22.2 Å². The summed E-state index contributed by atoms with van der Waals surface area (Å²) in [5.41, 5.74) is 0.143. The molecule has 0 unspecified atom stereocenters. The number of carboxylic acid groups (broad SMARTS) is 1. The molecule has 1 heterocycles. The summed E-state index contributed by atoms with van der Waals surface area (Å²) in [6.45, 7) is 0. The lowest BCUT2D eigenvalue weighted by Crippen LogP contribution is -2.14. The highest BCUT2D eigenvalue weighted by Gasteiger charge is 2.20. The minimum atomic E-state index is -0.990. The molecule has 0 bridgehead atoms. The van der Waals surface area contributed by atoms with E-state index < -0.39 is 5.97 Å². The van der Waals surface area contributed by atoms with E-state index in [-0.39, 0.29) is 17.5 Å². The summed E-state index contributed by atoms with van der Waals surface area (Å²) in [5.74, 6) is -0.743. The first kappa shape index (κ1) is 9.96. The molecule has 15 heavy (non-hydrogen) atoms. The molecule has 1 saturated carbocycles. The van der Waals surface area contributed by atoms with Crippen LogP contribution in [0.2, 0.25) is 0 Å². The molecule has 1 aliphatic carbocycles. The lowest BCUT2D eigenvalue weighted by atomic mass is 10.2. The Morgan fingerprint density at radius 2 is 2.20 bits per heavy atom. The standard InChI is InChI=1S/C11H13NO3/c13-11(14)9-6-3-7-12-10(9)15-8-4-1-2-5-8/h3,6-8H,1-2,4-5H2,(H,13,14). The largest absolute Gasteiger partial charge is 0.477 e. The molecule has 1 aliphatic rings. The molecule has 0 spiro atoms. The molecule has 0 saturated heterocycles. The van der Waals surface area contributed by atoms with Crippen molar-refractivity contribution in [3.8, 4) is 5.88 Å². The van der Waals surface area contributed by atoms with Crippen molar-refractivity contribution < 1.29 is 14.6 Å². The Hall–Kier alpha value is -1.58. The predicted octanol–water partition coefficient (Wildman–Crippen LogP) is 2.10. The van der Waals surface area contributed by atoms with Crippen LogP contribution < -0.4 is 4.74 Å². The number of aromatic carboxylic acids is 1. The molecule has 0 aliphatic heterocycles. The van der Waals surface area contributed by atoms with Crippen LogP contribution in [0.3, 0.4) is 0 Å². The molecule has 0 amide bonds. The fourth-order valence-electron chi connectivity index (χ4n) is 1.81. The van der Waals surface area contributed by atoms with E-state index in [1.807, 2.05) is 0 Å². The SMILES string of the molecule is O=C(O)c1cccnc1OC1CCCC1. The number of carbonyl (C=O) groups is 1. The Bertz CT molecular complexity index is 359.